The molecule has 0 aliphatic carbocycles. The van der Waals surface area contributed by atoms with E-state index in [1.54, 1.807) is 16.9 Å². The average molecular weight is 363 g/mol. The molecule has 1 amide bonds. The lowest BCUT2D eigenvalue weighted by Gasteiger charge is -2.33. The molecule has 1 fully saturated rings. The van der Waals surface area contributed by atoms with E-state index >= 15 is 0 Å². The van der Waals surface area contributed by atoms with Gasteiger partial charge in [0.15, 0.2) is 5.65 Å². The number of rotatable bonds is 5. The van der Waals surface area contributed by atoms with Gasteiger partial charge in [-0.05, 0) is 38.3 Å². The molecule has 6 nitrogen and oxygen atoms in total. The molecule has 140 valence electrons. The van der Waals surface area contributed by atoms with E-state index in [9.17, 15) is 4.79 Å². The molecule has 0 spiro atoms. The van der Waals surface area contributed by atoms with Crippen molar-refractivity contribution in [1.29, 1.82) is 0 Å². The summed E-state index contributed by atoms with van der Waals surface area (Å²) in [7, 11) is 0. The van der Waals surface area contributed by atoms with Crippen LogP contribution in [0.15, 0.2) is 48.8 Å². The number of carbonyl (C=O) groups excluding carboxylic acids is 1. The molecule has 0 radical (unpaired) electrons. The van der Waals surface area contributed by atoms with E-state index in [1.807, 2.05) is 19.1 Å². The van der Waals surface area contributed by atoms with Crippen LogP contribution in [-0.4, -0.2) is 51.1 Å². The molecule has 3 aromatic rings. The third kappa shape index (κ3) is 4.01. The van der Waals surface area contributed by atoms with Gasteiger partial charge in [-0.2, -0.15) is 5.10 Å². The zero-order valence-electron chi connectivity index (χ0n) is 15.6. The van der Waals surface area contributed by atoms with Crippen LogP contribution < -0.4 is 5.32 Å². The lowest BCUT2D eigenvalue weighted by atomic mass is 10.0. The van der Waals surface area contributed by atoms with Crippen molar-refractivity contribution in [3.8, 4) is 0 Å². The van der Waals surface area contributed by atoms with Gasteiger partial charge in [-0.15, -0.1) is 0 Å². The van der Waals surface area contributed by atoms with Gasteiger partial charge in [0.1, 0.15) is 0 Å². The SMILES string of the molecule is Cc1c(C(=O)NC2CCCN(CCc3ccccc3)C2)cnc2ccnn12. The van der Waals surface area contributed by atoms with Gasteiger partial charge in [-0.3, -0.25) is 4.79 Å². The summed E-state index contributed by atoms with van der Waals surface area (Å²) in [6.07, 6.45) is 6.51. The maximum Gasteiger partial charge on any atom is 0.254 e. The summed E-state index contributed by atoms with van der Waals surface area (Å²) in [6, 6.07) is 12.6. The molecule has 0 saturated carbocycles. The van der Waals surface area contributed by atoms with Crippen LogP contribution in [0, 0.1) is 6.92 Å². The second kappa shape index (κ2) is 7.88. The third-order valence-corrected chi connectivity index (χ3v) is 5.30. The lowest BCUT2D eigenvalue weighted by molar-refractivity contribution is 0.0902. The third-order valence-electron chi connectivity index (χ3n) is 5.30. The summed E-state index contributed by atoms with van der Waals surface area (Å²) in [5.74, 6) is -0.0627. The van der Waals surface area contributed by atoms with E-state index in [2.05, 4.69) is 44.6 Å². The molecule has 1 aliphatic rings. The Hall–Kier alpha value is -2.73. The Kier molecular flexibility index (Phi) is 5.16. The highest BCUT2D eigenvalue weighted by Gasteiger charge is 2.23. The predicted octanol–water partition coefficient (Wildman–Crippen LogP) is 2.47. The Labute approximate surface area is 159 Å². The molecule has 1 saturated heterocycles. The molecule has 1 atom stereocenters. The molecule has 1 unspecified atom stereocenters. The quantitative estimate of drug-likeness (QED) is 0.756. The number of likely N-dealkylation sites (tertiary alicyclic amines) is 1. The van der Waals surface area contributed by atoms with Gasteiger partial charge in [0.05, 0.1) is 17.5 Å². The van der Waals surface area contributed by atoms with Crippen molar-refractivity contribution in [2.45, 2.75) is 32.2 Å². The Balaban J connectivity index is 1.36. The van der Waals surface area contributed by atoms with Crippen molar-refractivity contribution in [2.75, 3.05) is 19.6 Å². The summed E-state index contributed by atoms with van der Waals surface area (Å²) >= 11 is 0. The second-order valence-electron chi connectivity index (χ2n) is 7.21. The molecular formula is C21H25N5O. The minimum atomic E-state index is -0.0627. The van der Waals surface area contributed by atoms with Gasteiger partial charge >= 0.3 is 0 Å². The minimum absolute atomic E-state index is 0.0627. The molecule has 1 N–H and O–H groups in total. The van der Waals surface area contributed by atoms with Crippen molar-refractivity contribution < 1.29 is 4.79 Å². The first-order valence-corrected chi connectivity index (χ1v) is 9.57. The number of carbonyl (C=O) groups is 1. The first kappa shape index (κ1) is 17.7. The van der Waals surface area contributed by atoms with Crippen molar-refractivity contribution >= 4 is 11.6 Å². The fourth-order valence-corrected chi connectivity index (χ4v) is 3.79. The number of hydrogen-bond donors (Lipinski definition) is 1. The molecule has 1 aliphatic heterocycles. The molecular weight excluding hydrogens is 338 g/mol. The molecule has 0 bridgehead atoms. The van der Waals surface area contributed by atoms with E-state index in [0.29, 0.717) is 5.56 Å². The van der Waals surface area contributed by atoms with Gasteiger partial charge in [0, 0.05) is 31.4 Å². The van der Waals surface area contributed by atoms with Crippen LogP contribution in [0.25, 0.3) is 5.65 Å². The van der Waals surface area contributed by atoms with Crippen molar-refractivity contribution in [3.63, 3.8) is 0 Å². The summed E-state index contributed by atoms with van der Waals surface area (Å²) in [6.45, 7) is 4.92. The van der Waals surface area contributed by atoms with Crippen LogP contribution in [0.3, 0.4) is 0 Å². The van der Waals surface area contributed by atoms with E-state index in [-0.39, 0.29) is 11.9 Å². The van der Waals surface area contributed by atoms with Gasteiger partial charge < -0.3 is 10.2 Å². The van der Waals surface area contributed by atoms with Crippen LogP contribution in [-0.2, 0) is 6.42 Å². The monoisotopic (exact) mass is 363 g/mol. The van der Waals surface area contributed by atoms with Crippen LogP contribution in [0.4, 0.5) is 0 Å². The first-order valence-electron chi connectivity index (χ1n) is 9.57. The first-order chi connectivity index (χ1) is 13.2. The number of amides is 1. The molecule has 4 rings (SSSR count). The van der Waals surface area contributed by atoms with Crippen molar-refractivity contribution in [2.24, 2.45) is 0 Å². The van der Waals surface area contributed by atoms with Gasteiger partial charge in [0.2, 0.25) is 0 Å². The maximum atomic E-state index is 12.8. The topological polar surface area (TPSA) is 62.5 Å². The van der Waals surface area contributed by atoms with Crippen LogP contribution >= 0.6 is 0 Å². The Morgan fingerprint density at radius 1 is 1.26 bits per heavy atom. The molecule has 3 heterocycles. The zero-order chi connectivity index (χ0) is 18.6. The second-order valence-corrected chi connectivity index (χ2v) is 7.21. The van der Waals surface area contributed by atoms with Crippen LogP contribution in [0.1, 0.15) is 34.5 Å². The summed E-state index contributed by atoms with van der Waals surface area (Å²) in [5.41, 5.74) is 3.53. The standard InChI is InChI=1S/C21H25N5O/c1-16-19(14-22-20-9-11-23-26(16)20)21(27)24-18-8-5-12-25(15-18)13-10-17-6-3-2-4-7-17/h2-4,6-7,9,11,14,18H,5,8,10,12-13,15H2,1H3,(H,24,27). The number of piperidine rings is 1. The maximum absolute atomic E-state index is 12.8. The highest BCUT2D eigenvalue weighted by Crippen LogP contribution is 2.14. The highest BCUT2D eigenvalue weighted by molar-refractivity contribution is 5.95. The zero-order valence-corrected chi connectivity index (χ0v) is 15.6. The number of nitrogens with zero attached hydrogens (tertiary/aromatic N) is 4. The van der Waals surface area contributed by atoms with E-state index < -0.39 is 0 Å². The van der Waals surface area contributed by atoms with Gasteiger partial charge in [-0.25, -0.2) is 9.50 Å². The van der Waals surface area contributed by atoms with E-state index in [4.69, 9.17) is 0 Å². The van der Waals surface area contributed by atoms with E-state index in [0.717, 1.165) is 50.2 Å². The number of aryl methyl sites for hydroxylation is 1. The number of fused-ring (bicyclic) bond motifs is 1. The number of hydrogen-bond acceptors (Lipinski definition) is 4. The lowest BCUT2D eigenvalue weighted by Crippen LogP contribution is -2.48. The highest BCUT2D eigenvalue weighted by atomic mass is 16.1. The van der Waals surface area contributed by atoms with Crippen LogP contribution in [0.5, 0.6) is 0 Å². The molecule has 2 aromatic heterocycles. The van der Waals surface area contributed by atoms with Gasteiger partial charge in [0.25, 0.3) is 5.91 Å². The molecule has 1 aromatic carbocycles. The molecule has 27 heavy (non-hydrogen) atoms. The van der Waals surface area contributed by atoms with Crippen LogP contribution in [0.2, 0.25) is 0 Å². The van der Waals surface area contributed by atoms with Crippen molar-refractivity contribution in [1.82, 2.24) is 24.8 Å². The Morgan fingerprint density at radius 3 is 2.96 bits per heavy atom. The van der Waals surface area contributed by atoms with Crippen molar-refractivity contribution in [3.05, 3.63) is 65.6 Å². The smallest absolute Gasteiger partial charge is 0.254 e. The normalized spacial score (nSPS) is 17.9. The Morgan fingerprint density at radius 2 is 2.11 bits per heavy atom. The minimum Gasteiger partial charge on any atom is -0.348 e. The fraction of sp³-hybridized carbons (Fsp3) is 0.381. The van der Waals surface area contributed by atoms with E-state index in [1.165, 1.54) is 5.56 Å². The Bertz CT molecular complexity index is 921. The number of benzene rings is 1. The number of aromatic nitrogens is 3. The fourth-order valence-electron chi connectivity index (χ4n) is 3.79. The largest absolute Gasteiger partial charge is 0.348 e. The summed E-state index contributed by atoms with van der Waals surface area (Å²) < 4.78 is 1.71. The summed E-state index contributed by atoms with van der Waals surface area (Å²) in [4.78, 5) is 19.5. The van der Waals surface area contributed by atoms with Gasteiger partial charge in [-0.1, -0.05) is 30.3 Å². The summed E-state index contributed by atoms with van der Waals surface area (Å²) in [5, 5.41) is 7.44. The molecule has 6 heteroatoms. The predicted molar refractivity (Wildman–Crippen MR) is 105 cm³/mol. The number of nitrogens with one attached hydrogen (secondary N) is 1. The average Bonchev–Trinajstić information content (AvgIpc) is 3.17.